The summed E-state index contributed by atoms with van der Waals surface area (Å²) >= 11 is 1.76. The highest BCUT2D eigenvalue weighted by molar-refractivity contribution is 7.12. The fraction of sp³-hybridized carbons (Fsp3) is 0.615. The summed E-state index contributed by atoms with van der Waals surface area (Å²) in [7, 11) is 0. The van der Waals surface area contributed by atoms with Crippen molar-refractivity contribution in [1.82, 2.24) is 10.3 Å². The minimum Gasteiger partial charge on any atom is -0.313 e. The molecule has 0 aliphatic carbocycles. The van der Waals surface area contributed by atoms with E-state index in [1.807, 2.05) is 13.1 Å². The lowest BCUT2D eigenvalue weighted by Gasteiger charge is -2.11. The molecule has 1 rings (SSSR count). The van der Waals surface area contributed by atoms with Crippen LogP contribution in [0.4, 0.5) is 0 Å². The van der Waals surface area contributed by atoms with Gasteiger partial charge in [0.05, 0.1) is 5.01 Å². The highest BCUT2D eigenvalue weighted by atomic mass is 32.1. The first-order chi connectivity index (χ1) is 7.63. The molecule has 0 aliphatic rings. The highest BCUT2D eigenvalue weighted by Crippen LogP contribution is 2.18. The van der Waals surface area contributed by atoms with Crippen molar-refractivity contribution in [3.8, 4) is 0 Å². The molecule has 3 heteroatoms. The van der Waals surface area contributed by atoms with Crippen LogP contribution in [0.5, 0.6) is 0 Å². The van der Waals surface area contributed by atoms with Crippen LogP contribution in [0.1, 0.15) is 37.1 Å². The fourth-order valence-electron chi connectivity index (χ4n) is 1.46. The summed E-state index contributed by atoms with van der Waals surface area (Å²) in [4.78, 5) is 5.54. The Bertz CT molecular complexity index is 339. The smallest absolute Gasteiger partial charge is 0.0900 e. The van der Waals surface area contributed by atoms with E-state index in [9.17, 15) is 0 Å². The molecular formula is C13H22N2S. The van der Waals surface area contributed by atoms with E-state index in [1.54, 1.807) is 11.3 Å². The zero-order chi connectivity index (χ0) is 12.0. The summed E-state index contributed by atoms with van der Waals surface area (Å²) in [6, 6.07) is 0. The average molecular weight is 238 g/mol. The summed E-state index contributed by atoms with van der Waals surface area (Å²) < 4.78 is 0. The number of aromatic nitrogens is 1. The lowest BCUT2D eigenvalue weighted by molar-refractivity contribution is 0.657. The van der Waals surface area contributed by atoms with Crippen LogP contribution in [0.2, 0.25) is 0 Å². The number of nitrogens with zero attached hydrogens (tertiary/aromatic N) is 1. The maximum atomic E-state index is 4.28. The molecule has 0 aliphatic heterocycles. The maximum Gasteiger partial charge on any atom is 0.0900 e. The molecule has 0 atom stereocenters. The molecule has 0 saturated heterocycles. The quantitative estimate of drug-likeness (QED) is 0.767. The van der Waals surface area contributed by atoms with Crippen LogP contribution in [-0.2, 0) is 0 Å². The highest BCUT2D eigenvalue weighted by Gasteiger charge is 2.04. The minimum absolute atomic E-state index is 0.590. The molecule has 0 saturated carbocycles. The average Bonchev–Trinajstić information content (AvgIpc) is 2.63. The Morgan fingerprint density at radius 1 is 1.56 bits per heavy atom. The predicted octanol–water partition coefficient (Wildman–Crippen LogP) is 3.49. The zero-order valence-electron chi connectivity index (χ0n) is 10.7. The van der Waals surface area contributed by atoms with Crippen LogP contribution < -0.4 is 5.32 Å². The first-order valence-electron chi connectivity index (χ1n) is 5.97. The number of thiazole rings is 1. The summed E-state index contributed by atoms with van der Waals surface area (Å²) in [6.07, 6.45) is 5.42. The summed E-state index contributed by atoms with van der Waals surface area (Å²) in [5.74, 6) is 0.590. The Kier molecular flexibility index (Phi) is 5.71. The normalized spacial score (nSPS) is 12.4. The van der Waals surface area contributed by atoms with Crippen molar-refractivity contribution >= 4 is 17.4 Å². The molecule has 1 aromatic rings. The molecule has 0 radical (unpaired) electrons. The van der Waals surface area contributed by atoms with Gasteiger partial charge in [0.15, 0.2) is 0 Å². The summed E-state index contributed by atoms with van der Waals surface area (Å²) in [5, 5.41) is 4.59. The third kappa shape index (κ3) is 4.45. The molecule has 0 fully saturated rings. The van der Waals surface area contributed by atoms with Crippen LogP contribution in [0.15, 0.2) is 11.8 Å². The van der Waals surface area contributed by atoms with Gasteiger partial charge in [0.2, 0.25) is 0 Å². The Balaban J connectivity index is 2.65. The largest absolute Gasteiger partial charge is 0.313 e. The third-order valence-corrected chi connectivity index (χ3v) is 3.32. The summed E-state index contributed by atoms with van der Waals surface area (Å²) in [6.45, 7) is 10.8. The van der Waals surface area contributed by atoms with Crippen molar-refractivity contribution in [2.45, 2.75) is 34.1 Å². The first-order valence-corrected chi connectivity index (χ1v) is 6.78. The van der Waals surface area contributed by atoms with Gasteiger partial charge >= 0.3 is 0 Å². The van der Waals surface area contributed by atoms with Gasteiger partial charge < -0.3 is 5.32 Å². The standard InChI is InChI=1S/C13H22N2S/c1-5-6-14-8-12(10(2)3)7-13-9-15-11(4)16-13/h7,9-10,14H,5-6,8H2,1-4H3. The van der Waals surface area contributed by atoms with Crippen molar-refractivity contribution in [2.75, 3.05) is 13.1 Å². The van der Waals surface area contributed by atoms with Gasteiger partial charge in [-0.15, -0.1) is 11.3 Å². The topological polar surface area (TPSA) is 24.9 Å². The molecule has 2 nitrogen and oxygen atoms in total. The molecule has 0 unspecified atom stereocenters. The van der Waals surface area contributed by atoms with Gasteiger partial charge in [0.1, 0.15) is 0 Å². The molecule has 0 amide bonds. The number of aryl methyl sites for hydroxylation is 1. The van der Waals surface area contributed by atoms with E-state index in [2.05, 4.69) is 37.1 Å². The second kappa shape index (κ2) is 6.81. The molecule has 90 valence electrons. The van der Waals surface area contributed by atoms with E-state index in [0.717, 1.165) is 18.1 Å². The third-order valence-electron chi connectivity index (χ3n) is 2.46. The van der Waals surface area contributed by atoms with E-state index in [-0.39, 0.29) is 0 Å². The van der Waals surface area contributed by atoms with Gasteiger partial charge in [0, 0.05) is 17.6 Å². The monoisotopic (exact) mass is 238 g/mol. The molecule has 0 spiro atoms. The van der Waals surface area contributed by atoms with Crippen LogP contribution in [-0.4, -0.2) is 18.1 Å². The Labute approximate surface area is 103 Å². The van der Waals surface area contributed by atoms with E-state index in [1.165, 1.54) is 16.9 Å². The van der Waals surface area contributed by atoms with Crippen LogP contribution >= 0.6 is 11.3 Å². The van der Waals surface area contributed by atoms with Crippen LogP contribution in [0.25, 0.3) is 6.08 Å². The van der Waals surface area contributed by atoms with Crippen molar-refractivity contribution < 1.29 is 0 Å². The molecule has 1 aromatic heterocycles. The van der Waals surface area contributed by atoms with Crippen LogP contribution in [0, 0.1) is 12.8 Å². The Morgan fingerprint density at radius 3 is 2.81 bits per heavy atom. The van der Waals surface area contributed by atoms with E-state index in [4.69, 9.17) is 0 Å². The first kappa shape index (κ1) is 13.4. The van der Waals surface area contributed by atoms with Crippen molar-refractivity contribution in [3.05, 3.63) is 21.7 Å². The zero-order valence-corrected chi connectivity index (χ0v) is 11.5. The molecule has 16 heavy (non-hydrogen) atoms. The van der Waals surface area contributed by atoms with Gasteiger partial charge in [-0.25, -0.2) is 4.98 Å². The van der Waals surface area contributed by atoms with Gasteiger partial charge in [0.25, 0.3) is 0 Å². The Morgan fingerprint density at radius 2 is 2.31 bits per heavy atom. The van der Waals surface area contributed by atoms with Crippen LogP contribution in [0.3, 0.4) is 0 Å². The van der Waals surface area contributed by atoms with E-state index in [0.29, 0.717) is 5.92 Å². The SMILES string of the molecule is CCCNCC(=Cc1cnc(C)s1)C(C)C. The fourth-order valence-corrected chi connectivity index (χ4v) is 2.22. The molecule has 1 N–H and O–H groups in total. The number of nitrogens with one attached hydrogen (secondary N) is 1. The van der Waals surface area contributed by atoms with Gasteiger partial charge in [-0.05, 0) is 31.9 Å². The maximum absolute atomic E-state index is 4.28. The van der Waals surface area contributed by atoms with Gasteiger partial charge in [-0.3, -0.25) is 0 Å². The number of hydrogen-bond donors (Lipinski definition) is 1. The second-order valence-corrected chi connectivity index (χ2v) is 5.60. The summed E-state index contributed by atoms with van der Waals surface area (Å²) in [5.41, 5.74) is 1.46. The second-order valence-electron chi connectivity index (χ2n) is 4.33. The lowest BCUT2D eigenvalue weighted by atomic mass is 10.0. The molecule has 0 aromatic carbocycles. The van der Waals surface area contributed by atoms with E-state index >= 15 is 0 Å². The van der Waals surface area contributed by atoms with Gasteiger partial charge in [-0.1, -0.05) is 26.3 Å². The lowest BCUT2D eigenvalue weighted by Crippen LogP contribution is -2.19. The van der Waals surface area contributed by atoms with Crippen molar-refractivity contribution in [2.24, 2.45) is 5.92 Å². The number of rotatable bonds is 6. The minimum atomic E-state index is 0.590. The molecule has 1 heterocycles. The predicted molar refractivity (Wildman–Crippen MR) is 72.8 cm³/mol. The van der Waals surface area contributed by atoms with Crippen molar-refractivity contribution in [1.29, 1.82) is 0 Å². The Hall–Kier alpha value is -0.670. The van der Waals surface area contributed by atoms with Crippen molar-refractivity contribution in [3.63, 3.8) is 0 Å². The molecule has 0 bridgehead atoms. The molecular weight excluding hydrogens is 216 g/mol. The van der Waals surface area contributed by atoms with E-state index < -0.39 is 0 Å². The van der Waals surface area contributed by atoms with Gasteiger partial charge in [-0.2, -0.15) is 0 Å². The number of hydrogen-bond acceptors (Lipinski definition) is 3.